The van der Waals surface area contributed by atoms with Crippen molar-refractivity contribution in [3.05, 3.63) is 34.9 Å². The van der Waals surface area contributed by atoms with Gasteiger partial charge in [-0.15, -0.1) is 0 Å². The molecule has 80 valence electrons. The fraction of sp³-hybridized carbons (Fsp3) is 0.273. The molecule has 3 nitrogen and oxygen atoms in total. The first kappa shape index (κ1) is 11.7. The Kier molecular flexibility index (Phi) is 4.31. The lowest BCUT2D eigenvalue weighted by Gasteiger charge is -2.00. The predicted molar refractivity (Wildman–Crippen MR) is 57.0 cm³/mol. The van der Waals surface area contributed by atoms with Crippen molar-refractivity contribution in [2.24, 2.45) is 0 Å². The van der Waals surface area contributed by atoms with Gasteiger partial charge in [-0.1, -0.05) is 23.7 Å². The van der Waals surface area contributed by atoms with Crippen LogP contribution in [0.3, 0.4) is 0 Å². The number of halogens is 1. The summed E-state index contributed by atoms with van der Waals surface area (Å²) in [4.78, 5) is 21.0. The highest BCUT2D eigenvalue weighted by atomic mass is 35.5. The summed E-state index contributed by atoms with van der Waals surface area (Å²) in [5.74, 6) is -2.10. The number of hydrogen-bond donors (Lipinski definition) is 1. The van der Waals surface area contributed by atoms with Crippen LogP contribution in [0.5, 0.6) is 0 Å². The van der Waals surface area contributed by atoms with E-state index in [0.717, 1.165) is 5.56 Å². The molecule has 0 aliphatic rings. The number of carbonyl (C=O) groups is 2. The third-order valence-electron chi connectivity index (χ3n) is 2.00. The largest absolute Gasteiger partial charge is 0.476 e. The molecule has 0 atom stereocenters. The SMILES string of the molecule is O=C(O)C(=O)CCCc1cccc(Cl)c1. The Labute approximate surface area is 92.7 Å². The van der Waals surface area contributed by atoms with Gasteiger partial charge in [0.25, 0.3) is 0 Å². The number of carboxylic acid groups (broad SMARTS) is 1. The van der Waals surface area contributed by atoms with E-state index >= 15 is 0 Å². The second-order valence-electron chi connectivity index (χ2n) is 3.21. The molecular formula is C11H11ClO3. The molecule has 1 aromatic rings. The Morgan fingerprint density at radius 1 is 1.33 bits per heavy atom. The Bertz CT molecular complexity index is 374. The molecule has 0 radical (unpaired) electrons. The molecule has 0 aliphatic carbocycles. The van der Waals surface area contributed by atoms with E-state index in [1.807, 2.05) is 18.2 Å². The predicted octanol–water partition coefficient (Wildman–Crippen LogP) is 2.32. The number of rotatable bonds is 5. The van der Waals surface area contributed by atoms with Crippen molar-refractivity contribution in [2.45, 2.75) is 19.3 Å². The first-order valence-electron chi connectivity index (χ1n) is 4.60. The summed E-state index contributed by atoms with van der Waals surface area (Å²) in [5.41, 5.74) is 1.01. The number of Topliss-reactive ketones (excluding diaryl/α,β-unsaturated/α-hetero) is 1. The Morgan fingerprint density at radius 2 is 2.07 bits per heavy atom. The number of hydrogen-bond acceptors (Lipinski definition) is 2. The molecule has 0 aromatic heterocycles. The minimum absolute atomic E-state index is 0.0713. The van der Waals surface area contributed by atoms with Gasteiger partial charge in [0.05, 0.1) is 0 Å². The maximum Gasteiger partial charge on any atom is 0.372 e. The van der Waals surface area contributed by atoms with E-state index < -0.39 is 11.8 Å². The molecule has 0 fully saturated rings. The molecule has 0 heterocycles. The summed E-state index contributed by atoms with van der Waals surface area (Å²) >= 11 is 5.78. The Hall–Kier alpha value is -1.35. The van der Waals surface area contributed by atoms with Crippen molar-refractivity contribution in [3.63, 3.8) is 0 Å². The highest BCUT2D eigenvalue weighted by Gasteiger charge is 2.10. The fourth-order valence-electron chi connectivity index (χ4n) is 1.25. The first-order valence-corrected chi connectivity index (χ1v) is 4.98. The molecule has 0 saturated carbocycles. The lowest BCUT2D eigenvalue weighted by atomic mass is 10.1. The molecule has 0 amide bonds. The normalized spacial score (nSPS) is 9.93. The molecule has 1 rings (SSSR count). The summed E-state index contributed by atoms with van der Waals surface area (Å²) in [7, 11) is 0. The third-order valence-corrected chi connectivity index (χ3v) is 2.23. The van der Waals surface area contributed by atoms with Crippen molar-refractivity contribution >= 4 is 23.4 Å². The van der Waals surface area contributed by atoms with Crippen LogP contribution in [0.2, 0.25) is 5.02 Å². The number of aliphatic carboxylic acids is 1. The summed E-state index contributed by atoms with van der Waals surface area (Å²) in [6.07, 6.45) is 1.27. The quantitative estimate of drug-likeness (QED) is 0.784. The minimum atomic E-state index is -1.36. The number of carbonyl (C=O) groups excluding carboxylic acids is 1. The van der Waals surface area contributed by atoms with E-state index in [4.69, 9.17) is 16.7 Å². The van der Waals surface area contributed by atoms with Gasteiger partial charge in [0.2, 0.25) is 5.78 Å². The molecule has 0 unspecified atom stereocenters. The number of benzene rings is 1. The molecule has 1 N–H and O–H groups in total. The van der Waals surface area contributed by atoms with Crippen LogP contribution < -0.4 is 0 Å². The van der Waals surface area contributed by atoms with Gasteiger partial charge in [-0.25, -0.2) is 4.79 Å². The second-order valence-corrected chi connectivity index (χ2v) is 3.65. The molecule has 15 heavy (non-hydrogen) atoms. The number of carboxylic acids is 1. The first-order chi connectivity index (χ1) is 7.09. The molecule has 0 spiro atoms. The number of aryl methyl sites for hydroxylation is 1. The standard InChI is InChI=1S/C11H11ClO3/c12-9-5-1-3-8(7-9)4-2-6-10(13)11(14)15/h1,3,5,7H,2,4,6H2,(H,14,15). The van der Waals surface area contributed by atoms with Crippen LogP contribution in [0.25, 0.3) is 0 Å². The van der Waals surface area contributed by atoms with E-state index in [2.05, 4.69) is 0 Å². The van der Waals surface area contributed by atoms with Crippen LogP contribution in [0.15, 0.2) is 24.3 Å². The van der Waals surface area contributed by atoms with Crippen LogP contribution in [0, 0.1) is 0 Å². The van der Waals surface area contributed by atoms with Gasteiger partial charge in [-0.2, -0.15) is 0 Å². The molecule has 0 saturated heterocycles. The van der Waals surface area contributed by atoms with Gasteiger partial charge in [0.15, 0.2) is 0 Å². The molecule has 1 aromatic carbocycles. The Morgan fingerprint density at radius 3 is 2.67 bits per heavy atom. The highest BCUT2D eigenvalue weighted by Crippen LogP contribution is 2.12. The number of ketones is 1. The van der Waals surface area contributed by atoms with E-state index in [1.54, 1.807) is 6.07 Å². The average molecular weight is 227 g/mol. The minimum Gasteiger partial charge on any atom is -0.476 e. The molecule has 0 bridgehead atoms. The Balaban J connectivity index is 2.38. The van der Waals surface area contributed by atoms with Gasteiger partial charge in [0.1, 0.15) is 0 Å². The second kappa shape index (κ2) is 5.51. The van der Waals surface area contributed by atoms with Gasteiger partial charge in [-0.3, -0.25) is 4.79 Å². The lowest BCUT2D eigenvalue weighted by Crippen LogP contribution is -2.12. The average Bonchev–Trinajstić information content (AvgIpc) is 2.17. The third kappa shape index (κ3) is 4.13. The summed E-state index contributed by atoms with van der Waals surface area (Å²) in [5, 5.41) is 9.00. The van der Waals surface area contributed by atoms with Gasteiger partial charge in [-0.05, 0) is 30.5 Å². The molecular weight excluding hydrogens is 216 g/mol. The van der Waals surface area contributed by atoms with E-state index in [0.29, 0.717) is 17.9 Å². The van der Waals surface area contributed by atoms with Crippen LogP contribution in [0.1, 0.15) is 18.4 Å². The summed E-state index contributed by atoms with van der Waals surface area (Å²) < 4.78 is 0. The highest BCUT2D eigenvalue weighted by molar-refractivity contribution is 6.32. The molecule has 0 aliphatic heterocycles. The zero-order valence-electron chi connectivity index (χ0n) is 8.07. The zero-order chi connectivity index (χ0) is 11.3. The zero-order valence-corrected chi connectivity index (χ0v) is 8.83. The topological polar surface area (TPSA) is 54.4 Å². The van der Waals surface area contributed by atoms with Crippen molar-refractivity contribution < 1.29 is 14.7 Å². The van der Waals surface area contributed by atoms with Crippen LogP contribution in [-0.4, -0.2) is 16.9 Å². The van der Waals surface area contributed by atoms with Crippen LogP contribution >= 0.6 is 11.6 Å². The van der Waals surface area contributed by atoms with E-state index in [9.17, 15) is 9.59 Å². The monoisotopic (exact) mass is 226 g/mol. The van der Waals surface area contributed by atoms with Crippen molar-refractivity contribution in [2.75, 3.05) is 0 Å². The molecule has 4 heteroatoms. The summed E-state index contributed by atoms with van der Waals surface area (Å²) in [6, 6.07) is 7.31. The van der Waals surface area contributed by atoms with Crippen LogP contribution in [0.4, 0.5) is 0 Å². The summed E-state index contributed by atoms with van der Waals surface area (Å²) in [6.45, 7) is 0. The van der Waals surface area contributed by atoms with Crippen molar-refractivity contribution in [1.29, 1.82) is 0 Å². The van der Waals surface area contributed by atoms with Crippen molar-refractivity contribution in [3.8, 4) is 0 Å². The fourth-order valence-corrected chi connectivity index (χ4v) is 1.47. The van der Waals surface area contributed by atoms with E-state index in [-0.39, 0.29) is 6.42 Å². The van der Waals surface area contributed by atoms with Gasteiger partial charge >= 0.3 is 5.97 Å². The maximum absolute atomic E-state index is 10.8. The van der Waals surface area contributed by atoms with Gasteiger partial charge < -0.3 is 5.11 Å². The van der Waals surface area contributed by atoms with Crippen molar-refractivity contribution in [1.82, 2.24) is 0 Å². The lowest BCUT2D eigenvalue weighted by molar-refractivity contribution is -0.149. The van der Waals surface area contributed by atoms with Gasteiger partial charge in [0, 0.05) is 11.4 Å². The van der Waals surface area contributed by atoms with Crippen LogP contribution in [-0.2, 0) is 16.0 Å². The maximum atomic E-state index is 10.8. The smallest absolute Gasteiger partial charge is 0.372 e. The van der Waals surface area contributed by atoms with E-state index in [1.165, 1.54) is 0 Å².